The number of aromatic amines is 1. The number of sulfonamides is 1. The largest absolute Gasteiger partial charge is 0.325 e. The molecule has 0 aliphatic rings. The van der Waals surface area contributed by atoms with E-state index in [0.29, 0.717) is 11.2 Å². The molecule has 0 fully saturated rings. The molecule has 0 aliphatic heterocycles. The summed E-state index contributed by atoms with van der Waals surface area (Å²) >= 11 is 0. The summed E-state index contributed by atoms with van der Waals surface area (Å²) in [4.78, 5) is 26.0. The molecule has 0 atom stereocenters. The zero-order chi connectivity index (χ0) is 16.5. The summed E-state index contributed by atoms with van der Waals surface area (Å²) in [7, 11) is -2.08. The molecule has 1 aromatic heterocycles. The molecular weight excluding hydrogens is 306 g/mol. The van der Waals surface area contributed by atoms with E-state index in [1.165, 1.54) is 13.1 Å². The van der Waals surface area contributed by atoms with Gasteiger partial charge in [0.25, 0.3) is 0 Å². The number of carbonyl (C=O) groups excluding carboxylic acids is 1. The molecule has 0 spiro atoms. The van der Waals surface area contributed by atoms with Crippen LogP contribution in [0.3, 0.4) is 0 Å². The molecule has 2 N–H and O–H groups in total. The molecule has 0 saturated heterocycles. The first-order chi connectivity index (χ1) is 10.2. The maximum absolute atomic E-state index is 11.9. The van der Waals surface area contributed by atoms with Crippen LogP contribution in [0.2, 0.25) is 0 Å². The lowest BCUT2D eigenvalue weighted by molar-refractivity contribution is -0.116. The minimum atomic E-state index is -3.41. The number of hydrogen-bond donors (Lipinski definition) is 2. The molecule has 22 heavy (non-hydrogen) atoms. The van der Waals surface area contributed by atoms with Crippen molar-refractivity contribution in [2.45, 2.75) is 6.92 Å². The fourth-order valence-corrected chi connectivity index (χ4v) is 2.38. The number of pyridine rings is 1. The second-order valence-corrected chi connectivity index (χ2v) is 7.23. The molecule has 2 aromatic rings. The maximum atomic E-state index is 11.9. The van der Waals surface area contributed by atoms with Crippen LogP contribution < -0.4 is 10.9 Å². The third kappa shape index (κ3) is 3.71. The van der Waals surface area contributed by atoms with Gasteiger partial charge in [0.15, 0.2) is 0 Å². The first-order valence-electron chi connectivity index (χ1n) is 6.51. The number of aromatic nitrogens is 1. The Morgan fingerprint density at radius 3 is 2.64 bits per heavy atom. The van der Waals surface area contributed by atoms with Crippen molar-refractivity contribution in [3.8, 4) is 0 Å². The van der Waals surface area contributed by atoms with Crippen LogP contribution in [0.4, 0.5) is 5.69 Å². The number of rotatable bonds is 4. The molecule has 118 valence electrons. The number of nitrogens with one attached hydrogen (secondary N) is 2. The number of aryl methyl sites for hydroxylation is 1. The monoisotopic (exact) mass is 323 g/mol. The SMILES string of the molecule is Cc1cc(=O)[nH]c2cc(NC(=O)CN(C)S(C)(=O)=O)ccc12. The zero-order valence-corrected chi connectivity index (χ0v) is 13.3. The van der Waals surface area contributed by atoms with Crippen LogP contribution in [0.25, 0.3) is 10.9 Å². The topological polar surface area (TPSA) is 99.3 Å². The van der Waals surface area contributed by atoms with Crippen molar-refractivity contribution in [1.29, 1.82) is 0 Å². The Labute approximate surface area is 128 Å². The van der Waals surface area contributed by atoms with Crippen molar-refractivity contribution in [3.63, 3.8) is 0 Å². The van der Waals surface area contributed by atoms with Crippen LogP contribution in [-0.2, 0) is 14.8 Å². The van der Waals surface area contributed by atoms with E-state index in [4.69, 9.17) is 0 Å². The van der Waals surface area contributed by atoms with Gasteiger partial charge in [-0.15, -0.1) is 0 Å². The number of amides is 1. The fraction of sp³-hybridized carbons (Fsp3) is 0.286. The van der Waals surface area contributed by atoms with Crippen LogP contribution in [-0.4, -0.2) is 43.5 Å². The van der Waals surface area contributed by atoms with Gasteiger partial charge in [0.1, 0.15) is 0 Å². The molecule has 0 radical (unpaired) electrons. The van der Waals surface area contributed by atoms with E-state index in [9.17, 15) is 18.0 Å². The Bertz CT molecular complexity index is 887. The van der Waals surface area contributed by atoms with E-state index in [-0.39, 0.29) is 12.1 Å². The van der Waals surface area contributed by atoms with Gasteiger partial charge in [0.2, 0.25) is 21.5 Å². The summed E-state index contributed by atoms with van der Waals surface area (Å²) in [5, 5.41) is 3.49. The zero-order valence-electron chi connectivity index (χ0n) is 12.5. The minimum Gasteiger partial charge on any atom is -0.325 e. The van der Waals surface area contributed by atoms with E-state index in [1.807, 2.05) is 6.92 Å². The molecule has 0 aliphatic carbocycles. The van der Waals surface area contributed by atoms with E-state index >= 15 is 0 Å². The predicted molar refractivity (Wildman–Crippen MR) is 85.4 cm³/mol. The molecule has 0 unspecified atom stereocenters. The maximum Gasteiger partial charge on any atom is 0.248 e. The van der Waals surface area contributed by atoms with Crippen molar-refractivity contribution < 1.29 is 13.2 Å². The molecule has 2 rings (SSSR count). The number of hydrogen-bond acceptors (Lipinski definition) is 4. The molecule has 0 bridgehead atoms. The van der Waals surface area contributed by atoms with Crippen LogP contribution in [0.5, 0.6) is 0 Å². The van der Waals surface area contributed by atoms with Gasteiger partial charge in [-0.25, -0.2) is 8.42 Å². The number of carbonyl (C=O) groups is 1. The Hall–Kier alpha value is -2.19. The van der Waals surface area contributed by atoms with E-state index < -0.39 is 15.9 Å². The van der Waals surface area contributed by atoms with Crippen molar-refractivity contribution in [3.05, 3.63) is 40.2 Å². The highest BCUT2D eigenvalue weighted by molar-refractivity contribution is 7.88. The van der Waals surface area contributed by atoms with Gasteiger partial charge in [0.05, 0.1) is 18.3 Å². The Morgan fingerprint density at radius 2 is 2.00 bits per heavy atom. The number of nitrogens with zero attached hydrogens (tertiary/aromatic N) is 1. The van der Waals surface area contributed by atoms with Gasteiger partial charge in [-0.2, -0.15) is 4.31 Å². The first-order valence-corrected chi connectivity index (χ1v) is 8.36. The Morgan fingerprint density at radius 1 is 1.32 bits per heavy atom. The lowest BCUT2D eigenvalue weighted by atomic mass is 10.1. The molecular formula is C14H17N3O4S. The standard InChI is InChI=1S/C14H17N3O4S/c1-9-6-13(18)16-12-7-10(4-5-11(9)12)15-14(19)8-17(2)22(3,20)21/h4-7H,8H2,1-3H3,(H,15,19)(H,16,18). The third-order valence-corrected chi connectivity index (χ3v) is 4.53. The molecule has 1 aromatic carbocycles. The summed E-state index contributed by atoms with van der Waals surface area (Å²) < 4.78 is 23.5. The van der Waals surface area contributed by atoms with Gasteiger partial charge < -0.3 is 10.3 Å². The quantitative estimate of drug-likeness (QED) is 0.863. The predicted octanol–water partition coefficient (Wildman–Crippen LogP) is 0.666. The van der Waals surface area contributed by atoms with Crippen LogP contribution >= 0.6 is 0 Å². The molecule has 8 heteroatoms. The van der Waals surface area contributed by atoms with E-state index in [2.05, 4.69) is 10.3 Å². The number of benzene rings is 1. The highest BCUT2D eigenvalue weighted by Crippen LogP contribution is 2.19. The first kappa shape index (κ1) is 16.2. The van der Waals surface area contributed by atoms with Crippen LogP contribution in [0, 0.1) is 6.92 Å². The van der Waals surface area contributed by atoms with Gasteiger partial charge in [-0.1, -0.05) is 6.07 Å². The minimum absolute atomic E-state index is 0.217. The highest BCUT2D eigenvalue weighted by atomic mass is 32.2. The van der Waals surface area contributed by atoms with Gasteiger partial charge in [0, 0.05) is 24.2 Å². The molecule has 0 saturated carbocycles. The number of anilines is 1. The Balaban J connectivity index is 2.22. The molecule has 7 nitrogen and oxygen atoms in total. The lowest BCUT2D eigenvalue weighted by Crippen LogP contribution is -2.34. The smallest absolute Gasteiger partial charge is 0.248 e. The lowest BCUT2D eigenvalue weighted by Gasteiger charge is -2.14. The van der Waals surface area contributed by atoms with Crippen molar-refractivity contribution >= 4 is 32.5 Å². The fourth-order valence-electron chi connectivity index (χ4n) is 2.03. The Kier molecular flexibility index (Phi) is 4.34. The third-order valence-electron chi connectivity index (χ3n) is 3.27. The van der Waals surface area contributed by atoms with Crippen LogP contribution in [0.1, 0.15) is 5.56 Å². The molecule has 1 heterocycles. The molecule has 1 amide bonds. The number of fused-ring (bicyclic) bond motifs is 1. The summed E-state index contributed by atoms with van der Waals surface area (Å²) in [6, 6.07) is 6.63. The second kappa shape index (κ2) is 5.90. The average Bonchev–Trinajstić information content (AvgIpc) is 2.36. The summed E-state index contributed by atoms with van der Waals surface area (Å²) in [6.07, 6.45) is 1.03. The average molecular weight is 323 g/mol. The van der Waals surface area contributed by atoms with Gasteiger partial charge in [-0.3, -0.25) is 9.59 Å². The van der Waals surface area contributed by atoms with E-state index in [1.54, 1.807) is 18.2 Å². The normalized spacial score (nSPS) is 11.8. The summed E-state index contributed by atoms with van der Waals surface area (Å²) in [6.45, 7) is 1.55. The van der Waals surface area contributed by atoms with Crippen molar-refractivity contribution in [2.75, 3.05) is 25.2 Å². The number of H-pyrrole nitrogens is 1. The number of likely N-dealkylation sites (N-methyl/N-ethyl adjacent to an activating group) is 1. The summed E-state index contributed by atoms with van der Waals surface area (Å²) in [5.74, 6) is -0.456. The van der Waals surface area contributed by atoms with Gasteiger partial charge >= 0.3 is 0 Å². The highest BCUT2D eigenvalue weighted by Gasteiger charge is 2.15. The van der Waals surface area contributed by atoms with Crippen LogP contribution in [0.15, 0.2) is 29.1 Å². The van der Waals surface area contributed by atoms with Gasteiger partial charge in [-0.05, 0) is 24.6 Å². The summed E-state index contributed by atoms with van der Waals surface area (Å²) in [5.41, 5.74) is 1.72. The van der Waals surface area contributed by atoms with E-state index in [0.717, 1.165) is 21.5 Å². The van der Waals surface area contributed by atoms with Crippen molar-refractivity contribution in [1.82, 2.24) is 9.29 Å². The van der Waals surface area contributed by atoms with Crippen molar-refractivity contribution in [2.24, 2.45) is 0 Å². The second-order valence-electron chi connectivity index (χ2n) is 5.14.